The molecule has 0 spiro atoms. The number of oxime groups is 1. The van der Waals surface area contributed by atoms with Crippen molar-refractivity contribution >= 4 is 40.6 Å². The predicted molar refractivity (Wildman–Crippen MR) is 129 cm³/mol. The summed E-state index contributed by atoms with van der Waals surface area (Å²) in [6, 6.07) is 11.3. The number of aryl methyl sites for hydroxylation is 1. The first-order chi connectivity index (χ1) is 15.9. The molecule has 1 amide bonds. The monoisotopic (exact) mass is 483 g/mol. The third-order valence-corrected chi connectivity index (χ3v) is 8.41. The summed E-state index contributed by atoms with van der Waals surface area (Å²) < 4.78 is 0. The minimum Gasteiger partial charge on any atom is -0.326 e. The van der Waals surface area contributed by atoms with Crippen LogP contribution in [0.25, 0.3) is 0 Å². The van der Waals surface area contributed by atoms with Crippen LogP contribution in [0.5, 0.6) is 0 Å². The van der Waals surface area contributed by atoms with Gasteiger partial charge in [-0.15, -0.1) is 0 Å². The Morgan fingerprint density at radius 1 is 1.12 bits per heavy atom. The molecule has 4 rings (SSSR count). The number of halogens is 1. The molecule has 2 atom stereocenters. The first kappa shape index (κ1) is 23.9. The molecule has 2 aromatic rings. The normalized spacial score (nSPS) is 25.9. The lowest BCUT2D eigenvalue weighted by Crippen LogP contribution is -2.43. The summed E-state index contributed by atoms with van der Waals surface area (Å²) in [5, 5.41) is 18.3. The molecule has 0 saturated heterocycles. The Labute approximate surface area is 202 Å². The number of nitro benzene ring substituents is 1. The fourth-order valence-corrected chi connectivity index (χ4v) is 5.53. The number of hydrogen-bond donors (Lipinski definition) is 1. The average molecular weight is 484 g/mol. The summed E-state index contributed by atoms with van der Waals surface area (Å²) in [5.74, 6) is -0.899. The number of fused-ring (bicyclic) bond motifs is 2. The van der Waals surface area contributed by atoms with E-state index in [-0.39, 0.29) is 22.2 Å². The summed E-state index contributed by atoms with van der Waals surface area (Å²) in [6.07, 6.45) is 1.79. The lowest BCUT2D eigenvalue weighted by atomic mass is 9.64. The molecule has 0 heterocycles. The Bertz CT molecular complexity index is 1220. The van der Waals surface area contributed by atoms with Crippen molar-refractivity contribution in [2.45, 2.75) is 47.0 Å². The van der Waals surface area contributed by atoms with Gasteiger partial charge in [0.1, 0.15) is 5.02 Å². The van der Waals surface area contributed by atoms with Gasteiger partial charge < -0.3 is 10.2 Å². The van der Waals surface area contributed by atoms with Gasteiger partial charge in [0.2, 0.25) is 5.91 Å². The summed E-state index contributed by atoms with van der Waals surface area (Å²) in [4.78, 5) is 41.7. The van der Waals surface area contributed by atoms with Crippen molar-refractivity contribution < 1.29 is 19.3 Å². The maximum Gasteiger partial charge on any atom is 0.365 e. The first-order valence-electron chi connectivity index (χ1n) is 11.0. The smallest absolute Gasteiger partial charge is 0.326 e. The van der Waals surface area contributed by atoms with E-state index in [2.05, 4.69) is 24.3 Å². The van der Waals surface area contributed by atoms with Gasteiger partial charge in [-0.05, 0) is 49.4 Å². The second-order valence-corrected chi connectivity index (χ2v) is 10.3. The molecule has 2 unspecified atom stereocenters. The Balaban J connectivity index is 1.58. The minimum absolute atomic E-state index is 0.0279. The Kier molecular flexibility index (Phi) is 5.76. The zero-order valence-corrected chi connectivity index (χ0v) is 20.2. The average Bonchev–Trinajstić information content (AvgIpc) is 3.09. The molecular formula is C25H26ClN3O5. The van der Waals surface area contributed by atoms with Crippen LogP contribution in [0.2, 0.25) is 5.02 Å². The number of carbonyl (C=O) groups is 2. The van der Waals surface area contributed by atoms with E-state index in [9.17, 15) is 19.7 Å². The highest BCUT2D eigenvalue weighted by Gasteiger charge is 2.71. The molecule has 178 valence electrons. The number of benzene rings is 2. The molecule has 2 saturated carbocycles. The second kappa shape index (κ2) is 8.20. The van der Waals surface area contributed by atoms with Crippen LogP contribution in [0.3, 0.4) is 0 Å². The highest BCUT2D eigenvalue weighted by atomic mass is 35.5. The summed E-state index contributed by atoms with van der Waals surface area (Å²) >= 11 is 5.82. The number of nitrogens with one attached hydrogen (secondary N) is 1. The van der Waals surface area contributed by atoms with Gasteiger partial charge in [-0.1, -0.05) is 55.2 Å². The van der Waals surface area contributed by atoms with Gasteiger partial charge in [-0.3, -0.25) is 14.9 Å². The molecule has 2 aliphatic rings. The summed E-state index contributed by atoms with van der Waals surface area (Å²) in [5.41, 5.74) is 0.492. The minimum atomic E-state index is -0.824. The summed E-state index contributed by atoms with van der Waals surface area (Å²) in [6.45, 7) is 8.14. The van der Waals surface area contributed by atoms with E-state index in [0.29, 0.717) is 18.6 Å². The van der Waals surface area contributed by atoms with Crippen molar-refractivity contribution in [3.8, 4) is 0 Å². The van der Waals surface area contributed by atoms with E-state index in [1.807, 2.05) is 38.1 Å². The molecule has 8 nitrogen and oxygen atoms in total. The topological polar surface area (TPSA) is 111 Å². The van der Waals surface area contributed by atoms with E-state index in [1.54, 1.807) is 0 Å². The molecule has 1 N–H and O–H groups in total. The number of anilines is 1. The van der Waals surface area contributed by atoms with Crippen LogP contribution in [-0.2, 0) is 9.63 Å². The molecule has 0 radical (unpaired) electrons. The fourth-order valence-electron chi connectivity index (χ4n) is 5.34. The predicted octanol–water partition coefficient (Wildman–Crippen LogP) is 5.92. The second-order valence-electron chi connectivity index (χ2n) is 9.88. The van der Waals surface area contributed by atoms with Crippen LogP contribution in [0, 0.1) is 33.3 Å². The maximum atomic E-state index is 13.5. The van der Waals surface area contributed by atoms with Crippen LogP contribution < -0.4 is 5.32 Å². The van der Waals surface area contributed by atoms with Gasteiger partial charge in [0.25, 0.3) is 5.69 Å². The zero-order valence-electron chi connectivity index (χ0n) is 19.5. The van der Waals surface area contributed by atoms with Crippen molar-refractivity contribution in [1.29, 1.82) is 0 Å². The van der Waals surface area contributed by atoms with Crippen LogP contribution in [0.1, 0.15) is 56.0 Å². The standard InChI is InChI=1S/C25H26ClN3O5/c1-15-5-8-17(9-6-15)27-22(31)25-12-11-24(4,23(25,2)3)20(14-25)28-34-21(30)16-7-10-18(26)19(13-16)29(32)33/h5-10,13H,11-12,14H2,1-4H3,(H,27,31). The molecule has 0 aromatic heterocycles. The maximum absolute atomic E-state index is 13.5. The Morgan fingerprint density at radius 2 is 1.79 bits per heavy atom. The molecule has 9 heteroatoms. The van der Waals surface area contributed by atoms with E-state index in [0.717, 1.165) is 23.7 Å². The van der Waals surface area contributed by atoms with Crippen LogP contribution in [-0.4, -0.2) is 22.5 Å². The molecule has 2 bridgehead atoms. The quantitative estimate of drug-likeness (QED) is 0.322. The van der Waals surface area contributed by atoms with Gasteiger partial charge >= 0.3 is 5.97 Å². The number of hydrogen-bond acceptors (Lipinski definition) is 6. The Morgan fingerprint density at radius 3 is 2.44 bits per heavy atom. The number of nitrogens with zero attached hydrogens (tertiary/aromatic N) is 2. The number of rotatable bonds is 5. The first-order valence-corrected chi connectivity index (χ1v) is 11.4. The van der Waals surface area contributed by atoms with Crippen molar-refractivity contribution in [3.05, 3.63) is 68.7 Å². The lowest BCUT2D eigenvalue weighted by Gasteiger charge is -2.39. The highest BCUT2D eigenvalue weighted by Crippen LogP contribution is 2.71. The van der Waals surface area contributed by atoms with Gasteiger partial charge in [-0.25, -0.2) is 4.79 Å². The van der Waals surface area contributed by atoms with Crippen LogP contribution in [0.4, 0.5) is 11.4 Å². The van der Waals surface area contributed by atoms with Gasteiger partial charge in [0.05, 0.1) is 21.6 Å². The molecule has 2 aliphatic carbocycles. The largest absolute Gasteiger partial charge is 0.365 e. The molecule has 2 aromatic carbocycles. The third-order valence-electron chi connectivity index (χ3n) is 8.10. The lowest BCUT2D eigenvalue weighted by molar-refractivity contribution is -0.384. The van der Waals surface area contributed by atoms with Crippen molar-refractivity contribution in [2.75, 3.05) is 5.32 Å². The fraction of sp³-hybridized carbons (Fsp3) is 0.400. The van der Waals surface area contributed by atoms with E-state index < -0.39 is 27.1 Å². The van der Waals surface area contributed by atoms with Crippen molar-refractivity contribution in [1.82, 2.24) is 0 Å². The molecule has 2 fully saturated rings. The van der Waals surface area contributed by atoms with Gasteiger partial charge in [-0.2, -0.15) is 0 Å². The summed E-state index contributed by atoms with van der Waals surface area (Å²) in [7, 11) is 0. The van der Waals surface area contributed by atoms with Crippen LogP contribution >= 0.6 is 11.6 Å². The SMILES string of the molecule is Cc1ccc(NC(=O)C23CCC(C)(C(=NOC(=O)c4ccc(Cl)c([N+](=O)[O-])c4)C2)C3(C)C)cc1. The Hall–Kier alpha value is -3.26. The van der Waals surface area contributed by atoms with E-state index in [4.69, 9.17) is 16.4 Å². The number of amides is 1. The highest BCUT2D eigenvalue weighted by molar-refractivity contribution is 6.32. The van der Waals surface area contributed by atoms with Crippen molar-refractivity contribution in [2.24, 2.45) is 21.4 Å². The molecule has 34 heavy (non-hydrogen) atoms. The van der Waals surface area contributed by atoms with E-state index in [1.165, 1.54) is 12.1 Å². The number of nitro groups is 1. The molecule has 0 aliphatic heterocycles. The van der Waals surface area contributed by atoms with Crippen LogP contribution in [0.15, 0.2) is 47.6 Å². The zero-order chi connectivity index (χ0) is 24.9. The van der Waals surface area contributed by atoms with Crippen molar-refractivity contribution in [3.63, 3.8) is 0 Å². The van der Waals surface area contributed by atoms with E-state index >= 15 is 0 Å². The van der Waals surface area contributed by atoms with Gasteiger partial charge in [0, 0.05) is 23.6 Å². The van der Waals surface area contributed by atoms with Gasteiger partial charge in [0.15, 0.2) is 0 Å². The molecular weight excluding hydrogens is 458 g/mol. The third kappa shape index (κ3) is 3.57. The number of carbonyl (C=O) groups excluding carboxylic acids is 2.